The zero-order valence-corrected chi connectivity index (χ0v) is 10.7. The molecule has 0 bridgehead atoms. The molecule has 0 heterocycles. The molecule has 0 N–H and O–H groups in total. The monoisotopic (exact) mass is 243 g/mol. The maximum absolute atomic E-state index is 3.05. The molecule has 0 aliphatic rings. The van der Waals surface area contributed by atoms with Crippen molar-refractivity contribution in [1.82, 2.24) is 0 Å². The SMILES string of the molecule is [c]1ccc(Cc2ccc(-c3ccccc3)cc2)cc1. The van der Waals surface area contributed by atoms with Crippen molar-refractivity contribution < 1.29 is 0 Å². The van der Waals surface area contributed by atoms with E-state index in [0.717, 1.165) is 6.42 Å². The van der Waals surface area contributed by atoms with E-state index in [9.17, 15) is 0 Å². The molecular formula is C19H15. The summed E-state index contributed by atoms with van der Waals surface area (Å²) in [5.41, 5.74) is 5.20. The second-order valence-electron chi connectivity index (χ2n) is 4.65. The minimum absolute atomic E-state index is 0.976. The summed E-state index contributed by atoms with van der Waals surface area (Å²) in [5, 5.41) is 0. The van der Waals surface area contributed by atoms with E-state index in [1.54, 1.807) is 0 Å². The summed E-state index contributed by atoms with van der Waals surface area (Å²) in [5.74, 6) is 0. The van der Waals surface area contributed by atoms with Gasteiger partial charge in [0.15, 0.2) is 0 Å². The van der Waals surface area contributed by atoms with Gasteiger partial charge in [0.05, 0.1) is 0 Å². The lowest BCUT2D eigenvalue weighted by atomic mass is 10.0. The molecule has 0 unspecified atom stereocenters. The summed E-state index contributed by atoms with van der Waals surface area (Å²) < 4.78 is 0. The normalized spacial score (nSPS) is 10.3. The molecule has 0 heteroatoms. The smallest absolute Gasteiger partial charge is 0.00258 e. The summed E-state index contributed by atoms with van der Waals surface area (Å²) in [6.07, 6.45) is 0.976. The molecule has 3 aromatic rings. The Balaban J connectivity index is 1.80. The van der Waals surface area contributed by atoms with Gasteiger partial charge >= 0.3 is 0 Å². The lowest BCUT2D eigenvalue weighted by Gasteiger charge is -2.05. The van der Waals surface area contributed by atoms with Crippen LogP contribution in [0.4, 0.5) is 0 Å². The van der Waals surface area contributed by atoms with Crippen LogP contribution in [-0.4, -0.2) is 0 Å². The Morgan fingerprint density at radius 3 is 1.84 bits per heavy atom. The average molecular weight is 243 g/mol. The van der Waals surface area contributed by atoms with Crippen LogP contribution in [-0.2, 0) is 6.42 Å². The third kappa shape index (κ3) is 2.92. The van der Waals surface area contributed by atoms with E-state index in [1.165, 1.54) is 22.3 Å². The first-order valence-corrected chi connectivity index (χ1v) is 6.51. The molecule has 3 aromatic carbocycles. The van der Waals surface area contributed by atoms with Gasteiger partial charge in [0.25, 0.3) is 0 Å². The Morgan fingerprint density at radius 1 is 0.579 bits per heavy atom. The fourth-order valence-electron chi connectivity index (χ4n) is 2.22. The van der Waals surface area contributed by atoms with Gasteiger partial charge in [-0.15, -0.1) is 0 Å². The van der Waals surface area contributed by atoms with Gasteiger partial charge in [-0.2, -0.15) is 0 Å². The van der Waals surface area contributed by atoms with Crippen molar-refractivity contribution in [2.45, 2.75) is 6.42 Å². The topological polar surface area (TPSA) is 0 Å². The minimum Gasteiger partial charge on any atom is -0.0622 e. The molecule has 0 saturated heterocycles. The van der Waals surface area contributed by atoms with Gasteiger partial charge < -0.3 is 0 Å². The molecule has 0 aliphatic carbocycles. The molecular weight excluding hydrogens is 228 g/mol. The fourth-order valence-corrected chi connectivity index (χ4v) is 2.22. The Labute approximate surface area is 114 Å². The lowest BCUT2D eigenvalue weighted by Crippen LogP contribution is -1.87. The summed E-state index contributed by atoms with van der Waals surface area (Å²) >= 11 is 0. The number of rotatable bonds is 3. The minimum atomic E-state index is 0.976. The molecule has 0 spiro atoms. The number of hydrogen-bond acceptors (Lipinski definition) is 0. The summed E-state index contributed by atoms with van der Waals surface area (Å²) in [6.45, 7) is 0. The van der Waals surface area contributed by atoms with E-state index in [2.05, 4.69) is 66.7 Å². The van der Waals surface area contributed by atoms with E-state index in [0.29, 0.717) is 0 Å². The van der Waals surface area contributed by atoms with Crippen molar-refractivity contribution >= 4 is 0 Å². The molecule has 1 radical (unpaired) electrons. The standard InChI is InChI=1S/C19H15/c1-3-7-16(8-4-1)15-17-11-13-19(14-12-17)18-9-5-2-6-10-18/h2-14H,15H2. The molecule has 0 saturated carbocycles. The van der Waals surface area contributed by atoms with Crippen LogP contribution in [0, 0.1) is 6.07 Å². The van der Waals surface area contributed by atoms with E-state index < -0.39 is 0 Å². The van der Waals surface area contributed by atoms with Gasteiger partial charge in [0.2, 0.25) is 0 Å². The van der Waals surface area contributed by atoms with E-state index in [-0.39, 0.29) is 0 Å². The highest BCUT2D eigenvalue weighted by Gasteiger charge is 1.98. The Hall–Kier alpha value is -2.34. The highest BCUT2D eigenvalue weighted by atomic mass is 14.0. The van der Waals surface area contributed by atoms with Gasteiger partial charge in [-0.05, 0) is 34.7 Å². The largest absolute Gasteiger partial charge is 0.0622 e. The van der Waals surface area contributed by atoms with Gasteiger partial charge in [-0.1, -0.05) is 78.9 Å². The highest BCUT2D eigenvalue weighted by molar-refractivity contribution is 5.63. The number of hydrogen-bond donors (Lipinski definition) is 0. The van der Waals surface area contributed by atoms with Crippen molar-refractivity contribution in [3.63, 3.8) is 0 Å². The van der Waals surface area contributed by atoms with Crippen LogP contribution in [0.2, 0.25) is 0 Å². The molecule has 0 aliphatic heterocycles. The quantitative estimate of drug-likeness (QED) is 0.623. The van der Waals surface area contributed by atoms with Gasteiger partial charge in [0.1, 0.15) is 0 Å². The van der Waals surface area contributed by atoms with E-state index in [4.69, 9.17) is 0 Å². The van der Waals surface area contributed by atoms with Crippen molar-refractivity contribution in [3.8, 4) is 11.1 Å². The average Bonchev–Trinajstić information content (AvgIpc) is 2.50. The van der Waals surface area contributed by atoms with Crippen molar-refractivity contribution in [2.75, 3.05) is 0 Å². The predicted molar refractivity (Wildman–Crippen MR) is 80.0 cm³/mol. The van der Waals surface area contributed by atoms with Gasteiger partial charge in [-0.25, -0.2) is 0 Å². The van der Waals surface area contributed by atoms with Crippen LogP contribution in [0.1, 0.15) is 11.1 Å². The predicted octanol–water partition coefficient (Wildman–Crippen LogP) is 4.74. The maximum atomic E-state index is 3.05. The second kappa shape index (κ2) is 5.53. The lowest BCUT2D eigenvalue weighted by molar-refractivity contribution is 1.19. The first kappa shape index (κ1) is 11.7. The van der Waals surface area contributed by atoms with Crippen LogP contribution >= 0.6 is 0 Å². The van der Waals surface area contributed by atoms with Crippen molar-refractivity contribution in [2.24, 2.45) is 0 Å². The zero-order valence-electron chi connectivity index (χ0n) is 10.7. The summed E-state index contributed by atoms with van der Waals surface area (Å²) in [7, 11) is 0. The number of benzene rings is 3. The van der Waals surface area contributed by atoms with Crippen LogP contribution in [0.5, 0.6) is 0 Å². The third-order valence-electron chi connectivity index (χ3n) is 3.26. The summed E-state index contributed by atoms with van der Waals surface area (Å²) in [4.78, 5) is 0. The van der Waals surface area contributed by atoms with Crippen LogP contribution in [0.25, 0.3) is 11.1 Å². The Kier molecular flexibility index (Phi) is 3.42. The summed E-state index contributed by atoms with van der Waals surface area (Å²) in [6, 6.07) is 30.5. The maximum Gasteiger partial charge on any atom is -0.00258 e. The first-order valence-electron chi connectivity index (χ1n) is 6.51. The molecule has 3 rings (SSSR count). The second-order valence-corrected chi connectivity index (χ2v) is 4.65. The molecule has 19 heavy (non-hydrogen) atoms. The van der Waals surface area contributed by atoms with Crippen LogP contribution in [0.3, 0.4) is 0 Å². The Morgan fingerprint density at radius 2 is 1.16 bits per heavy atom. The van der Waals surface area contributed by atoms with E-state index in [1.807, 2.05) is 18.2 Å². The highest BCUT2D eigenvalue weighted by Crippen LogP contribution is 2.20. The third-order valence-corrected chi connectivity index (χ3v) is 3.26. The Bertz CT molecular complexity index is 622. The van der Waals surface area contributed by atoms with Crippen LogP contribution < -0.4 is 0 Å². The zero-order chi connectivity index (χ0) is 12.9. The fraction of sp³-hybridized carbons (Fsp3) is 0.0526. The van der Waals surface area contributed by atoms with Crippen LogP contribution in [0.15, 0.2) is 78.9 Å². The molecule has 0 aromatic heterocycles. The van der Waals surface area contributed by atoms with Crippen molar-refractivity contribution in [3.05, 3.63) is 96.1 Å². The van der Waals surface area contributed by atoms with E-state index >= 15 is 0 Å². The molecule has 0 atom stereocenters. The first-order chi connectivity index (χ1) is 9.42. The molecule has 0 amide bonds. The van der Waals surface area contributed by atoms with Crippen molar-refractivity contribution in [1.29, 1.82) is 0 Å². The van der Waals surface area contributed by atoms with Gasteiger partial charge in [-0.3, -0.25) is 0 Å². The molecule has 0 nitrogen and oxygen atoms in total. The molecule has 91 valence electrons. The molecule has 0 fully saturated rings. The van der Waals surface area contributed by atoms with Gasteiger partial charge in [0, 0.05) is 0 Å².